The molecule has 2 rings (SSSR count). The second-order valence-electron chi connectivity index (χ2n) is 3.79. The predicted molar refractivity (Wildman–Crippen MR) is 75.3 cm³/mol. The highest BCUT2D eigenvalue weighted by Crippen LogP contribution is 2.20. The summed E-state index contributed by atoms with van der Waals surface area (Å²) < 4.78 is 0. The number of hydrogen-bond donors (Lipinski definition) is 3. The first-order valence-electron chi connectivity index (χ1n) is 5.58. The first kappa shape index (κ1) is 13.8. The van der Waals surface area contributed by atoms with Crippen LogP contribution in [0, 0.1) is 0 Å². The molecule has 0 saturated carbocycles. The van der Waals surface area contributed by atoms with E-state index in [1.165, 1.54) is 18.3 Å². The van der Waals surface area contributed by atoms with Gasteiger partial charge in [-0.25, -0.2) is 14.6 Å². The molecule has 0 radical (unpaired) electrons. The summed E-state index contributed by atoms with van der Waals surface area (Å²) in [5.41, 5.74) is 0.627. The van der Waals surface area contributed by atoms with Crippen molar-refractivity contribution < 1.29 is 14.7 Å². The van der Waals surface area contributed by atoms with Crippen LogP contribution in [0.25, 0.3) is 0 Å². The van der Waals surface area contributed by atoms with E-state index in [0.29, 0.717) is 16.4 Å². The third-order valence-corrected chi connectivity index (χ3v) is 2.69. The van der Waals surface area contributed by atoms with Crippen LogP contribution in [0.1, 0.15) is 10.5 Å². The SMILES string of the molecule is O=C(Nc1ccnc(C(=O)O)c1)Nc1ccccc1Cl. The van der Waals surface area contributed by atoms with Gasteiger partial charge in [0.15, 0.2) is 0 Å². The molecule has 3 N–H and O–H groups in total. The van der Waals surface area contributed by atoms with Gasteiger partial charge in [0.1, 0.15) is 5.69 Å². The van der Waals surface area contributed by atoms with Crippen molar-refractivity contribution in [2.75, 3.05) is 10.6 Å². The maximum Gasteiger partial charge on any atom is 0.354 e. The number of anilines is 2. The number of halogens is 1. The molecule has 2 amide bonds. The Morgan fingerprint density at radius 2 is 1.90 bits per heavy atom. The molecule has 2 aromatic rings. The number of carbonyl (C=O) groups is 2. The van der Waals surface area contributed by atoms with Crippen molar-refractivity contribution in [2.24, 2.45) is 0 Å². The van der Waals surface area contributed by atoms with Crippen LogP contribution in [0.15, 0.2) is 42.6 Å². The summed E-state index contributed by atoms with van der Waals surface area (Å²) in [5.74, 6) is -1.17. The Hall–Kier alpha value is -2.60. The van der Waals surface area contributed by atoms with Gasteiger partial charge >= 0.3 is 12.0 Å². The minimum absolute atomic E-state index is 0.152. The van der Waals surface area contributed by atoms with Crippen LogP contribution in [-0.4, -0.2) is 22.1 Å². The van der Waals surface area contributed by atoms with E-state index in [9.17, 15) is 9.59 Å². The Morgan fingerprint density at radius 1 is 1.15 bits per heavy atom. The Bertz CT molecular complexity index is 661. The maximum atomic E-state index is 11.8. The number of aromatic nitrogens is 1. The molecule has 7 heteroatoms. The summed E-state index contributed by atoms with van der Waals surface area (Å²) in [7, 11) is 0. The maximum absolute atomic E-state index is 11.8. The van der Waals surface area contributed by atoms with Gasteiger partial charge in [0.25, 0.3) is 0 Å². The molecule has 0 saturated heterocycles. The largest absolute Gasteiger partial charge is 0.477 e. The number of amides is 2. The van der Waals surface area contributed by atoms with Crippen molar-refractivity contribution in [1.82, 2.24) is 4.98 Å². The van der Waals surface area contributed by atoms with Gasteiger partial charge in [-0.05, 0) is 24.3 Å². The molecule has 0 atom stereocenters. The van der Waals surface area contributed by atoms with E-state index < -0.39 is 12.0 Å². The van der Waals surface area contributed by atoms with Crippen molar-refractivity contribution in [3.63, 3.8) is 0 Å². The highest BCUT2D eigenvalue weighted by atomic mass is 35.5. The van der Waals surface area contributed by atoms with Crippen LogP contribution in [0.5, 0.6) is 0 Å². The van der Waals surface area contributed by atoms with E-state index in [2.05, 4.69) is 15.6 Å². The Morgan fingerprint density at radius 3 is 2.60 bits per heavy atom. The zero-order valence-electron chi connectivity index (χ0n) is 10.1. The van der Waals surface area contributed by atoms with E-state index >= 15 is 0 Å². The Kier molecular flexibility index (Phi) is 4.17. The zero-order chi connectivity index (χ0) is 14.5. The third-order valence-electron chi connectivity index (χ3n) is 2.36. The van der Waals surface area contributed by atoms with Crippen LogP contribution in [-0.2, 0) is 0 Å². The lowest BCUT2D eigenvalue weighted by Gasteiger charge is -2.09. The lowest BCUT2D eigenvalue weighted by molar-refractivity contribution is 0.0690. The average molecular weight is 292 g/mol. The van der Waals surface area contributed by atoms with E-state index in [0.717, 1.165) is 0 Å². The minimum atomic E-state index is -1.17. The number of para-hydroxylation sites is 1. The zero-order valence-corrected chi connectivity index (χ0v) is 10.9. The molecule has 1 aromatic heterocycles. The van der Waals surface area contributed by atoms with Crippen molar-refractivity contribution in [2.45, 2.75) is 0 Å². The number of nitrogens with one attached hydrogen (secondary N) is 2. The monoisotopic (exact) mass is 291 g/mol. The van der Waals surface area contributed by atoms with Gasteiger partial charge in [-0.3, -0.25) is 0 Å². The number of carbonyl (C=O) groups excluding carboxylic acids is 1. The standard InChI is InChI=1S/C13H10ClN3O3/c14-9-3-1-2-4-10(9)17-13(20)16-8-5-6-15-11(7-8)12(18)19/h1-7H,(H,18,19)(H2,15,16,17,20). The number of pyridine rings is 1. The van der Waals surface area contributed by atoms with E-state index in [-0.39, 0.29) is 5.69 Å². The molecule has 0 spiro atoms. The highest BCUT2D eigenvalue weighted by Gasteiger charge is 2.08. The molecule has 0 aliphatic rings. The first-order chi connectivity index (χ1) is 9.56. The van der Waals surface area contributed by atoms with E-state index in [1.54, 1.807) is 24.3 Å². The second kappa shape index (κ2) is 6.03. The molecule has 0 bridgehead atoms. The van der Waals surface area contributed by atoms with E-state index in [4.69, 9.17) is 16.7 Å². The molecule has 0 unspecified atom stereocenters. The summed E-state index contributed by atoms with van der Waals surface area (Å²) in [4.78, 5) is 26.2. The molecule has 0 aliphatic heterocycles. The number of rotatable bonds is 3. The van der Waals surface area contributed by atoms with Gasteiger partial charge in [0, 0.05) is 11.9 Å². The summed E-state index contributed by atoms with van der Waals surface area (Å²) in [6, 6.07) is 8.99. The van der Waals surface area contributed by atoms with Crippen LogP contribution >= 0.6 is 11.6 Å². The fraction of sp³-hybridized carbons (Fsp3) is 0. The fourth-order valence-corrected chi connectivity index (χ4v) is 1.66. The molecule has 20 heavy (non-hydrogen) atoms. The molecular weight excluding hydrogens is 282 g/mol. The lowest BCUT2D eigenvalue weighted by atomic mass is 10.3. The second-order valence-corrected chi connectivity index (χ2v) is 4.20. The number of hydrogen-bond acceptors (Lipinski definition) is 3. The summed E-state index contributed by atoms with van der Waals surface area (Å²) in [6.45, 7) is 0. The van der Waals surface area contributed by atoms with Crippen molar-refractivity contribution in [3.05, 3.63) is 53.3 Å². The quantitative estimate of drug-likeness (QED) is 0.810. The Labute approximate surface area is 119 Å². The first-order valence-corrected chi connectivity index (χ1v) is 5.96. The van der Waals surface area contributed by atoms with Gasteiger partial charge in [0.05, 0.1) is 10.7 Å². The molecule has 0 fully saturated rings. The van der Waals surface area contributed by atoms with Gasteiger partial charge in [-0.15, -0.1) is 0 Å². The molecular formula is C13H10ClN3O3. The fourth-order valence-electron chi connectivity index (χ4n) is 1.47. The van der Waals surface area contributed by atoms with Crippen LogP contribution in [0.3, 0.4) is 0 Å². The number of benzene rings is 1. The molecule has 0 aliphatic carbocycles. The number of aromatic carboxylic acids is 1. The molecule has 1 heterocycles. The van der Waals surface area contributed by atoms with Gasteiger partial charge in [0.2, 0.25) is 0 Å². The topological polar surface area (TPSA) is 91.3 Å². The van der Waals surface area contributed by atoms with Crippen molar-refractivity contribution >= 4 is 35.0 Å². The number of urea groups is 1. The van der Waals surface area contributed by atoms with Crippen LogP contribution in [0.4, 0.5) is 16.2 Å². The summed E-state index contributed by atoms with van der Waals surface area (Å²) in [5, 5.41) is 14.3. The third kappa shape index (κ3) is 3.46. The average Bonchev–Trinajstić information content (AvgIpc) is 2.41. The number of nitrogens with zero attached hydrogens (tertiary/aromatic N) is 1. The highest BCUT2D eigenvalue weighted by molar-refractivity contribution is 6.33. The van der Waals surface area contributed by atoms with Crippen molar-refractivity contribution in [3.8, 4) is 0 Å². The Balaban J connectivity index is 2.07. The predicted octanol–water partition coefficient (Wildman–Crippen LogP) is 3.08. The number of carboxylic acids is 1. The van der Waals surface area contributed by atoms with Crippen molar-refractivity contribution in [1.29, 1.82) is 0 Å². The normalized spacial score (nSPS) is 9.85. The van der Waals surface area contributed by atoms with Gasteiger partial charge in [-0.2, -0.15) is 0 Å². The molecule has 6 nitrogen and oxygen atoms in total. The molecule has 1 aromatic carbocycles. The lowest BCUT2D eigenvalue weighted by Crippen LogP contribution is -2.20. The number of carboxylic acid groups (broad SMARTS) is 1. The minimum Gasteiger partial charge on any atom is -0.477 e. The van der Waals surface area contributed by atoms with Crippen LogP contribution < -0.4 is 10.6 Å². The smallest absolute Gasteiger partial charge is 0.354 e. The van der Waals surface area contributed by atoms with Gasteiger partial charge < -0.3 is 15.7 Å². The van der Waals surface area contributed by atoms with Gasteiger partial charge in [-0.1, -0.05) is 23.7 Å². The van der Waals surface area contributed by atoms with E-state index in [1.807, 2.05) is 0 Å². The summed E-state index contributed by atoms with van der Waals surface area (Å²) >= 11 is 5.91. The molecule has 102 valence electrons. The van der Waals surface area contributed by atoms with Crippen LogP contribution in [0.2, 0.25) is 5.02 Å². The summed E-state index contributed by atoms with van der Waals surface area (Å²) in [6.07, 6.45) is 1.30.